The number of pyridine rings is 1. The van der Waals surface area contributed by atoms with Crippen molar-refractivity contribution < 1.29 is 0 Å². The van der Waals surface area contributed by atoms with Crippen LogP contribution in [0.1, 0.15) is 27.9 Å². The molecule has 158 valence electrons. The second-order valence-corrected chi connectivity index (χ2v) is 8.84. The van der Waals surface area contributed by atoms with Gasteiger partial charge < -0.3 is 14.4 Å². The maximum absolute atomic E-state index is 4.93. The molecular formula is C27H30N4. The molecule has 0 unspecified atom stereocenters. The Bertz CT molecular complexity index is 1210. The maximum Gasteiger partial charge on any atom is 0.153 e. The van der Waals surface area contributed by atoms with E-state index in [0.717, 1.165) is 38.4 Å². The first-order valence-electron chi connectivity index (χ1n) is 11.1. The highest BCUT2D eigenvalue weighted by atomic mass is 15.2. The predicted octanol–water partition coefficient (Wildman–Crippen LogP) is 5.02. The number of rotatable bonds is 5. The summed E-state index contributed by atoms with van der Waals surface area (Å²) in [5, 5.41) is 1.32. The molecule has 0 bridgehead atoms. The van der Waals surface area contributed by atoms with Gasteiger partial charge in [-0.25, -0.2) is 4.98 Å². The van der Waals surface area contributed by atoms with Crippen molar-refractivity contribution in [2.75, 3.05) is 25.5 Å². The zero-order chi connectivity index (χ0) is 21.4. The van der Waals surface area contributed by atoms with Crippen LogP contribution in [0.3, 0.4) is 0 Å². The molecule has 0 saturated carbocycles. The molecule has 0 spiro atoms. The van der Waals surface area contributed by atoms with E-state index < -0.39 is 0 Å². The van der Waals surface area contributed by atoms with E-state index in [1.54, 1.807) is 0 Å². The van der Waals surface area contributed by atoms with Gasteiger partial charge in [0.1, 0.15) is 0 Å². The van der Waals surface area contributed by atoms with Crippen molar-refractivity contribution in [3.63, 3.8) is 0 Å². The van der Waals surface area contributed by atoms with E-state index in [-0.39, 0.29) is 0 Å². The molecule has 4 aromatic rings. The molecule has 1 aliphatic heterocycles. The lowest BCUT2D eigenvalue weighted by atomic mass is 10.00. The van der Waals surface area contributed by atoms with Gasteiger partial charge in [-0.05, 0) is 55.8 Å². The van der Waals surface area contributed by atoms with Gasteiger partial charge in [-0.2, -0.15) is 0 Å². The first kappa shape index (κ1) is 19.8. The largest absolute Gasteiger partial charge is 0.350 e. The monoisotopic (exact) mass is 410 g/mol. The second kappa shape index (κ2) is 8.20. The third-order valence-electron chi connectivity index (χ3n) is 6.43. The van der Waals surface area contributed by atoms with Crippen molar-refractivity contribution >= 4 is 16.7 Å². The van der Waals surface area contributed by atoms with Crippen LogP contribution < -0.4 is 4.90 Å². The van der Waals surface area contributed by atoms with Crippen molar-refractivity contribution in [2.24, 2.45) is 0 Å². The summed E-state index contributed by atoms with van der Waals surface area (Å²) in [4.78, 5) is 9.65. The molecule has 0 radical (unpaired) electrons. The highest BCUT2D eigenvalue weighted by molar-refractivity contribution is 5.94. The average molecular weight is 411 g/mol. The topological polar surface area (TPSA) is 24.3 Å². The van der Waals surface area contributed by atoms with Crippen LogP contribution >= 0.6 is 0 Å². The number of fused-ring (bicyclic) bond motifs is 2. The van der Waals surface area contributed by atoms with E-state index in [1.807, 2.05) is 6.20 Å². The molecule has 2 aromatic heterocycles. The normalized spacial score (nSPS) is 13.7. The summed E-state index contributed by atoms with van der Waals surface area (Å²) in [7, 11) is 4.28. The average Bonchev–Trinajstić information content (AvgIpc) is 3.05. The highest BCUT2D eigenvalue weighted by Crippen LogP contribution is 2.35. The number of aromatic nitrogens is 2. The van der Waals surface area contributed by atoms with Crippen molar-refractivity contribution in [1.82, 2.24) is 14.5 Å². The number of hydrogen-bond donors (Lipinski definition) is 0. The van der Waals surface area contributed by atoms with Crippen LogP contribution in [0.5, 0.6) is 0 Å². The molecule has 3 heterocycles. The fraction of sp³-hybridized carbons (Fsp3) is 0.296. The van der Waals surface area contributed by atoms with E-state index in [0.29, 0.717) is 0 Å². The van der Waals surface area contributed by atoms with Gasteiger partial charge in [0.25, 0.3) is 0 Å². The molecule has 2 aromatic carbocycles. The molecule has 5 rings (SSSR count). The lowest BCUT2D eigenvalue weighted by Crippen LogP contribution is -2.31. The number of anilines is 1. The van der Waals surface area contributed by atoms with E-state index in [4.69, 9.17) is 4.98 Å². The molecule has 4 heteroatoms. The zero-order valence-electron chi connectivity index (χ0n) is 18.7. The number of hydrogen-bond acceptors (Lipinski definition) is 3. The van der Waals surface area contributed by atoms with Gasteiger partial charge in [0, 0.05) is 43.5 Å². The predicted molar refractivity (Wildman–Crippen MR) is 129 cm³/mol. The molecule has 0 saturated heterocycles. The van der Waals surface area contributed by atoms with Crippen LogP contribution in [0, 0.1) is 6.92 Å². The van der Waals surface area contributed by atoms with Crippen molar-refractivity contribution in [3.05, 3.63) is 94.8 Å². The molecule has 31 heavy (non-hydrogen) atoms. The lowest BCUT2D eigenvalue weighted by molar-refractivity contribution is 0.402. The SMILES string of the molecule is Cc1c(CN(C)C)c2ccnc(N3CCc4ccccc4C3)c2n1Cc1ccccc1. The first-order valence-corrected chi connectivity index (χ1v) is 11.1. The Morgan fingerprint density at radius 1 is 0.935 bits per heavy atom. The number of nitrogens with zero attached hydrogens (tertiary/aromatic N) is 4. The molecule has 0 aliphatic carbocycles. The molecule has 1 aliphatic rings. The van der Waals surface area contributed by atoms with Crippen molar-refractivity contribution in [1.29, 1.82) is 0 Å². The Hall–Kier alpha value is -3.11. The summed E-state index contributed by atoms with van der Waals surface area (Å²) < 4.78 is 2.48. The van der Waals surface area contributed by atoms with Crippen LogP contribution in [0.2, 0.25) is 0 Å². The summed E-state index contributed by atoms with van der Waals surface area (Å²) >= 11 is 0. The summed E-state index contributed by atoms with van der Waals surface area (Å²) in [6.07, 6.45) is 3.06. The fourth-order valence-electron chi connectivity index (χ4n) is 4.87. The third-order valence-corrected chi connectivity index (χ3v) is 6.43. The van der Waals surface area contributed by atoms with E-state index in [2.05, 4.69) is 96.0 Å². The second-order valence-electron chi connectivity index (χ2n) is 8.84. The van der Waals surface area contributed by atoms with Crippen molar-refractivity contribution in [3.8, 4) is 0 Å². The minimum atomic E-state index is 0.861. The Balaban J connectivity index is 1.65. The summed E-state index contributed by atoms with van der Waals surface area (Å²) in [5.74, 6) is 1.11. The maximum atomic E-state index is 4.93. The van der Waals surface area contributed by atoms with Gasteiger partial charge in [0.2, 0.25) is 0 Å². The summed E-state index contributed by atoms with van der Waals surface area (Å²) in [6.45, 7) is 5.97. The van der Waals surface area contributed by atoms with Gasteiger partial charge >= 0.3 is 0 Å². The fourth-order valence-corrected chi connectivity index (χ4v) is 4.87. The van der Waals surface area contributed by atoms with Crippen LogP contribution in [0.4, 0.5) is 5.82 Å². The smallest absolute Gasteiger partial charge is 0.153 e. The Labute approximate surface area is 184 Å². The molecule has 0 atom stereocenters. The number of benzene rings is 2. The summed E-state index contributed by atoms with van der Waals surface area (Å²) in [6, 6.07) is 21.8. The van der Waals surface area contributed by atoms with Gasteiger partial charge in [0.05, 0.1) is 5.52 Å². The highest BCUT2D eigenvalue weighted by Gasteiger charge is 2.24. The third kappa shape index (κ3) is 3.72. The van der Waals surface area contributed by atoms with Crippen LogP contribution in [-0.2, 0) is 26.1 Å². The van der Waals surface area contributed by atoms with Gasteiger partial charge in [-0.1, -0.05) is 54.6 Å². The standard InChI is InChI=1S/C27H30N4/c1-20-25(19-29(2)3)24-13-15-28-27(26(24)31(20)17-21-9-5-4-6-10-21)30-16-14-22-11-7-8-12-23(22)18-30/h4-13,15H,14,16-19H2,1-3H3. The zero-order valence-corrected chi connectivity index (χ0v) is 18.7. The van der Waals surface area contributed by atoms with Gasteiger partial charge in [0.15, 0.2) is 5.82 Å². The molecule has 0 fully saturated rings. The quantitative estimate of drug-likeness (QED) is 0.462. The molecule has 0 N–H and O–H groups in total. The van der Waals surface area contributed by atoms with E-state index in [1.165, 1.54) is 38.9 Å². The minimum absolute atomic E-state index is 0.861. The first-order chi connectivity index (χ1) is 15.1. The van der Waals surface area contributed by atoms with Crippen LogP contribution in [0.15, 0.2) is 66.9 Å². The molecular weight excluding hydrogens is 380 g/mol. The van der Waals surface area contributed by atoms with Crippen LogP contribution in [-0.4, -0.2) is 35.1 Å². The lowest BCUT2D eigenvalue weighted by Gasteiger charge is -2.30. The van der Waals surface area contributed by atoms with Gasteiger partial charge in [-0.15, -0.1) is 0 Å². The summed E-state index contributed by atoms with van der Waals surface area (Å²) in [5.41, 5.74) is 8.20. The molecule has 4 nitrogen and oxygen atoms in total. The minimum Gasteiger partial charge on any atom is -0.350 e. The Morgan fingerprint density at radius 2 is 1.68 bits per heavy atom. The van der Waals surface area contributed by atoms with E-state index >= 15 is 0 Å². The Kier molecular flexibility index (Phi) is 5.24. The Morgan fingerprint density at radius 3 is 2.45 bits per heavy atom. The van der Waals surface area contributed by atoms with E-state index in [9.17, 15) is 0 Å². The molecule has 0 amide bonds. The van der Waals surface area contributed by atoms with Crippen LogP contribution in [0.25, 0.3) is 10.9 Å². The van der Waals surface area contributed by atoms with Crippen molar-refractivity contribution in [2.45, 2.75) is 33.0 Å². The van der Waals surface area contributed by atoms with Gasteiger partial charge in [-0.3, -0.25) is 0 Å².